The second-order valence-electron chi connectivity index (χ2n) is 7.89. The van der Waals surface area contributed by atoms with Gasteiger partial charge in [-0.05, 0) is 34.9 Å². The van der Waals surface area contributed by atoms with E-state index in [9.17, 15) is 0 Å². The molecule has 1 unspecified atom stereocenters. The highest BCUT2D eigenvalue weighted by Crippen LogP contribution is 2.40. The fourth-order valence-electron chi connectivity index (χ4n) is 3.51. The van der Waals surface area contributed by atoms with Crippen molar-refractivity contribution in [3.05, 3.63) is 29.3 Å². The molecule has 118 valence electrons. The summed E-state index contributed by atoms with van der Waals surface area (Å²) in [6.45, 7) is 12.3. The van der Waals surface area contributed by atoms with E-state index in [0.717, 1.165) is 25.2 Å². The molecule has 0 aliphatic carbocycles. The van der Waals surface area contributed by atoms with Gasteiger partial charge in [-0.15, -0.1) is 0 Å². The summed E-state index contributed by atoms with van der Waals surface area (Å²) in [4.78, 5) is 5.14. The zero-order valence-electron chi connectivity index (χ0n) is 14.2. The van der Waals surface area contributed by atoms with Crippen LogP contribution in [0.15, 0.2) is 18.2 Å². The average molecular weight is 291 g/mol. The van der Waals surface area contributed by atoms with Gasteiger partial charge in [0.25, 0.3) is 0 Å². The quantitative estimate of drug-likeness (QED) is 0.835. The van der Waals surface area contributed by atoms with Crippen molar-refractivity contribution >= 4 is 0 Å². The maximum Gasteiger partial charge on any atom is 0.124 e. The Labute approximate surface area is 129 Å². The third-order valence-electron chi connectivity index (χ3n) is 4.06. The van der Waals surface area contributed by atoms with Crippen LogP contribution < -0.4 is 10.2 Å². The summed E-state index contributed by atoms with van der Waals surface area (Å²) in [5, 5.41) is 0. The van der Waals surface area contributed by atoms with Crippen LogP contribution in [0.1, 0.15) is 64.6 Å². The second kappa shape index (κ2) is 5.98. The van der Waals surface area contributed by atoms with E-state index in [4.69, 9.17) is 9.57 Å². The fraction of sp³-hybridized carbons (Fsp3) is 0.667. The Morgan fingerprint density at radius 3 is 2.57 bits per heavy atom. The first kappa shape index (κ1) is 16.3. The zero-order chi connectivity index (χ0) is 15.7. The molecule has 0 aromatic heterocycles. The minimum atomic E-state index is 0.141. The van der Waals surface area contributed by atoms with Gasteiger partial charge in [-0.1, -0.05) is 40.7 Å². The van der Waals surface area contributed by atoms with Crippen LogP contribution in [0, 0.1) is 5.41 Å². The van der Waals surface area contributed by atoms with Crippen LogP contribution in [0.3, 0.4) is 0 Å². The van der Waals surface area contributed by atoms with Gasteiger partial charge in [0.1, 0.15) is 5.75 Å². The van der Waals surface area contributed by atoms with E-state index in [0.29, 0.717) is 5.41 Å². The molecule has 2 rings (SSSR count). The number of hydrogen-bond acceptors (Lipinski definition) is 3. The summed E-state index contributed by atoms with van der Waals surface area (Å²) in [5.41, 5.74) is 6.11. The van der Waals surface area contributed by atoms with Gasteiger partial charge in [0.15, 0.2) is 0 Å². The van der Waals surface area contributed by atoms with E-state index in [1.54, 1.807) is 7.11 Å². The number of fused-ring (bicyclic) bond motifs is 1. The van der Waals surface area contributed by atoms with Gasteiger partial charge >= 0.3 is 0 Å². The van der Waals surface area contributed by atoms with Gasteiger partial charge in [-0.2, -0.15) is 5.48 Å². The lowest BCUT2D eigenvalue weighted by molar-refractivity contribution is 0.0462. The van der Waals surface area contributed by atoms with Gasteiger partial charge in [-0.25, -0.2) is 0 Å². The number of hydrogen-bond donors (Lipinski definition) is 1. The van der Waals surface area contributed by atoms with Gasteiger partial charge in [0, 0.05) is 12.0 Å². The zero-order valence-corrected chi connectivity index (χ0v) is 14.2. The number of ether oxygens (including phenoxy) is 1. The van der Waals surface area contributed by atoms with Gasteiger partial charge in [0.2, 0.25) is 0 Å². The maximum atomic E-state index is 5.77. The van der Waals surface area contributed by atoms with E-state index in [2.05, 4.69) is 58.3 Å². The monoisotopic (exact) mass is 291 g/mol. The van der Waals surface area contributed by atoms with Crippen LogP contribution in [0.25, 0.3) is 0 Å². The highest BCUT2D eigenvalue weighted by molar-refractivity contribution is 5.43. The van der Waals surface area contributed by atoms with Crippen LogP contribution in [0.4, 0.5) is 0 Å². The molecule has 1 aliphatic heterocycles. The molecule has 1 heterocycles. The summed E-state index contributed by atoms with van der Waals surface area (Å²) in [6, 6.07) is 6.82. The van der Waals surface area contributed by atoms with Crippen LogP contribution in [0.2, 0.25) is 0 Å². The lowest BCUT2D eigenvalue weighted by atomic mass is 9.72. The first-order valence-corrected chi connectivity index (χ1v) is 7.79. The molecule has 1 aliphatic rings. The van der Waals surface area contributed by atoms with Crippen LogP contribution in [-0.4, -0.2) is 13.7 Å². The fourth-order valence-corrected chi connectivity index (χ4v) is 3.51. The van der Waals surface area contributed by atoms with Crippen molar-refractivity contribution in [2.24, 2.45) is 5.41 Å². The Morgan fingerprint density at radius 1 is 1.24 bits per heavy atom. The minimum absolute atomic E-state index is 0.141. The Kier molecular flexibility index (Phi) is 4.64. The third kappa shape index (κ3) is 3.98. The molecule has 0 spiro atoms. The SMILES string of the molecule is CONC1CCOc2ccc(C(C)(C)CC(C)(C)C)cc21. The highest BCUT2D eigenvalue weighted by atomic mass is 16.6. The lowest BCUT2D eigenvalue weighted by Gasteiger charge is -2.34. The number of rotatable bonds is 4. The first-order valence-electron chi connectivity index (χ1n) is 7.79. The molecule has 21 heavy (non-hydrogen) atoms. The van der Waals surface area contributed by atoms with Crippen molar-refractivity contribution in [2.45, 2.75) is 58.9 Å². The molecule has 0 saturated carbocycles. The molecule has 0 bridgehead atoms. The number of nitrogens with one attached hydrogen (secondary N) is 1. The molecule has 3 nitrogen and oxygen atoms in total. The van der Waals surface area contributed by atoms with E-state index < -0.39 is 0 Å². The summed E-state index contributed by atoms with van der Waals surface area (Å²) in [7, 11) is 1.67. The van der Waals surface area contributed by atoms with Crippen molar-refractivity contribution in [3.8, 4) is 5.75 Å². The van der Waals surface area contributed by atoms with Crippen molar-refractivity contribution in [1.29, 1.82) is 0 Å². The summed E-state index contributed by atoms with van der Waals surface area (Å²) in [5.74, 6) is 0.978. The molecule has 1 N–H and O–H groups in total. The molecule has 3 heteroatoms. The molecular weight excluding hydrogens is 262 g/mol. The molecular formula is C18H29NO2. The topological polar surface area (TPSA) is 30.5 Å². The second-order valence-corrected chi connectivity index (χ2v) is 7.89. The predicted octanol–water partition coefficient (Wildman–Crippen LogP) is 4.38. The summed E-state index contributed by atoms with van der Waals surface area (Å²) >= 11 is 0. The maximum absolute atomic E-state index is 5.77. The smallest absolute Gasteiger partial charge is 0.124 e. The van der Waals surface area contributed by atoms with Crippen molar-refractivity contribution < 1.29 is 9.57 Å². The van der Waals surface area contributed by atoms with E-state index >= 15 is 0 Å². The largest absolute Gasteiger partial charge is 0.493 e. The van der Waals surface area contributed by atoms with Crippen molar-refractivity contribution in [3.63, 3.8) is 0 Å². The molecule has 0 saturated heterocycles. The first-order chi connectivity index (χ1) is 9.73. The summed E-state index contributed by atoms with van der Waals surface area (Å²) in [6.07, 6.45) is 2.08. The Balaban J connectivity index is 2.32. The Morgan fingerprint density at radius 2 is 1.95 bits per heavy atom. The third-order valence-corrected chi connectivity index (χ3v) is 4.06. The molecule has 0 amide bonds. The van der Waals surface area contributed by atoms with Crippen LogP contribution in [-0.2, 0) is 10.3 Å². The van der Waals surface area contributed by atoms with E-state index in [1.807, 2.05) is 0 Å². The predicted molar refractivity (Wildman–Crippen MR) is 86.5 cm³/mol. The van der Waals surface area contributed by atoms with E-state index in [1.165, 1.54) is 11.1 Å². The molecule has 1 aromatic rings. The van der Waals surface area contributed by atoms with Crippen LogP contribution >= 0.6 is 0 Å². The van der Waals surface area contributed by atoms with Crippen molar-refractivity contribution in [2.75, 3.05) is 13.7 Å². The number of benzene rings is 1. The standard InChI is InChI=1S/C18H29NO2/c1-17(2,3)12-18(4,5)13-7-8-16-14(11-13)15(19-20-6)9-10-21-16/h7-8,11,15,19H,9-10,12H2,1-6H3. The average Bonchev–Trinajstić information content (AvgIpc) is 2.36. The molecule has 1 aromatic carbocycles. The minimum Gasteiger partial charge on any atom is -0.493 e. The van der Waals surface area contributed by atoms with Gasteiger partial charge < -0.3 is 9.57 Å². The van der Waals surface area contributed by atoms with Gasteiger partial charge in [-0.3, -0.25) is 0 Å². The lowest BCUT2D eigenvalue weighted by Crippen LogP contribution is -2.28. The number of hydroxylamine groups is 1. The summed E-state index contributed by atoms with van der Waals surface area (Å²) < 4.78 is 5.77. The Hall–Kier alpha value is -1.06. The molecule has 0 radical (unpaired) electrons. The highest BCUT2D eigenvalue weighted by Gasteiger charge is 2.29. The van der Waals surface area contributed by atoms with Gasteiger partial charge in [0.05, 0.1) is 19.8 Å². The van der Waals surface area contributed by atoms with Crippen molar-refractivity contribution in [1.82, 2.24) is 5.48 Å². The Bertz CT molecular complexity index is 488. The normalized spacial score (nSPS) is 19.0. The van der Waals surface area contributed by atoms with Crippen LogP contribution in [0.5, 0.6) is 5.75 Å². The molecule has 0 fully saturated rings. The van der Waals surface area contributed by atoms with E-state index in [-0.39, 0.29) is 11.5 Å². The molecule has 1 atom stereocenters.